The molecule has 0 atom stereocenters. The van der Waals surface area contributed by atoms with E-state index >= 15 is 0 Å². The highest BCUT2D eigenvalue weighted by atomic mass is 35.5. The Morgan fingerprint density at radius 3 is 2.55 bits per heavy atom. The highest BCUT2D eigenvalue weighted by Crippen LogP contribution is 2.24. The topological polar surface area (TPSA) is 45.2 Å². The van der Waals surface area contributed by atoms with Gasteiger partial charge < -0.3 is 0 Å². The fourth-order valence-corrected chi connectivity index (χ4v) is 2.78. The van der Waals surface area contributed by atoms with Crippen molar-refractivity contribution in [3.05, 3.63) is 53.3 Å². The first-order chi connectivity index (χ1) is 10.7. The summed E-state index contributed by atoms with van der Waals surface area (Å²) in [4.78, 5) is 16.8. The maximum Gasteiger partial charge on any atom is 0.284 e. The van der Waals surface area contributed by atoms with E-state index in [4.69, 9.17) is 11.6 Å². The molecule has 2 aromatic rings. The van der Waals surface area contributed by atoms with Crippen LogP contribution in [0.25, 0.3) is 11.1 Å². The van der Waals surface area contributed by atoms with E-state index < -0.39 is 0 Å². The van der Waals surface area contributed by atoms with Crippen molar-refractivity contribution in [2.24, 2.45) is 0 Å². The molecule has 0 bridgehead atoms. The largest absolute Gasteiger partial charge is 0.284 e. The van der Waals surface area contributed by atoms with Crippen LogP contribution in [0.2, 0.25) is 5.02 Å². The Bertz CT molecular complexity index is 651. The van der Waals surface area contributed by atoms with E-state index in [1.54, 1.807) is 6.20 Å². The molecular weight excluding hydrogens is 298 g/mol. The first-order valence-corrected chi connectivity index (χ1v) is 7.89. The lowest BCUT2D eigenvalue weighted by Crippen LogP contribution is -2.45. The van der Waals surface area contributed by atoms with Crippen molar-refractivity contribution in [1.82, 2.24) is 15.4 Å². The van der Waals surface area contributed by atoms with Gasteiger partial charge in [0.25, 0.3) is 5.91 Å². The van der Waals surface area contributed by atoms with Crippen LogP contribution in [0.15, 0.2) is 42.6 Å². The van der Waals surface area contributed by atoms with E-state index in [0.29, 0.717) is 10.7 Å². The SMILES string of the molecule is O=C(NN1CCCCC1)c1ncccc1-c1ccc(Cl)cc1. The van der Waals surface area contributed by atoms with Gasteiger partial charge in [-0.3, -0.25) is 15.2 Å². The Morgan fingerprint density at radius 2 is 1.82 bits per heavy atom. The van der Waals surface area contributed by atoms with Gasteiger partial charge >= 0.3 is 0 Å². The Labute approximate surface area is 135 Å². The van der Waals surface area contributed by atoms with Gasteiger partial charge in [0, 0.05) is 29.9 Å². The molecule has 2 heterocycles. The number of hydrazine groups is 1. The molecule has 114 valence electrons. The van der Waals surface area contributed by atoms with Crippen molar-refractivity contribution in [2.75, 3.05) is 13.1 Å². The zero-order chi connectivity index (χ0) is 15.4. The summed E-state index contributed by atoms with van der Waals surface area (Å²) in [6.07, 6.45) is 5.11. The van der Waals surface area contributed by atoms with Crippen molar-refractivity contribution in [2.45, 2.75) is 19.3 Å². The van der Waals surface area contributed by atoms with Crippen molar-refractivity contribution in [3.63, 3.8) is 0 Å². The van der Waals surface area contributed by atoms with E-state index in [1.165, 1.54) is 6.42 Å². The van der Waals surface area contributed by atoms with Crippen molar-refractivity contribution < 1.29 is 4.79 Å². The summed E-state index contributed by atoms with van der Waals surface area (Å²) in [6, 6.07) is 11.2. The second-order valence-corrected chi connectivity index (χ2v) is 5.83. The van der Waals surface area contributed by atoms with Gasteiger partial charge in [0.2, 0.25) is 0 Å². The first-order valence-electron chi connectivity index (χ1n) is 7.51. The van der Waals surface area contributed by atoms with Crippen LogP contribution in [0.1, 0.15) is 29.8 Å². The molecule has 1 N–H and O–H groups in total. The summed E-state index contributed by atoms with van der Waals surface area (Å²) in [5.74, 6) is -0.160. The van der Waals surface area contributed by atoms with E-state index in [1.807, 2.05) is 41.4 Å². The Hall–Kier alpha value is -1.91. The fourth-order valence-electron chi connectivity index (χ4n) is 2.65. The lowest BCUT2D eigenvalue weighted by Gasteiger charge is -2.26. The smallest absolute Gasteiger partial charge is 0.283 e. The molecule has 5 heteroatoms. The van der Waals surface area contributed by atoms with Gasteiger partial charge in [-0.15, -0.1) is 0 Å². The molecule has 3 rings (SSSR count). The highest BCUT2D eigenvalue weighted by Gasteiger charge is 2.18. The summed E-state index contributed by atoms with van der Waals surface area (Å²) in [6.45, 7) is 1.80. The normalized spacial score (nSPS) is 15.5. The van der Waals surface area contributed by atoms with Gasteiger partial charge in [0.05, 0.1) is 0 Å². The van der Waals surface area contributed by atoms with Crippen LogP contribution in [0.5, 0.6) is 0 Å². The quantitative estimate of drug-likeness (QED) is 0.942. The molecule has 1 aliphatic heterocycles. The van der Waals surface area contributed by atoms with Gasteiger partial charge in [-0.1, -0.05) is 36.2 Å². The predicted molar refractivity (Wildman–Crippen MR) is 87.6 cm³/mol. The summed E-state index contributed by atoms with van der Waals surface area (Å²) < 4.78 is 0. The van der Waals surface area contributed by atoms with Gasteiger partial charge in [-0.05, 0) is 36.6 Å². The second kappa shape index (κ2) is 6.90. The van der Waals surface area contributed by atoms with Gasteiger partial charge in [0.1, 0.15) is 5.69 Å². The number of nitrogens with zero attached hydrogens (tertiary/aromatic N) is 2. The molecule has 0 aliphatic carbocycles. The third-order valence-corrected chi connectivity index (χ3v) is 4.05. The number of carbonyl (C=O) groups is 1. The summed E-state index contributed by atoms with van der Waals surface area (Å²) >= 11 is 5.93. The molecule has 0 radical (unpaired) electrons. The van der Waals surface area contributed by atoms with Crippen LogP contribution < -0.4 is 5.43 Å². The van der Waals surface area contributed by atoms with E-state index in [-0.39, 0.29) is 5.91 Å². The summed E-state index contributed by atoms with van der Waals surface area (Å²) in [5.41, 5.74) is 5.15. The minimum Gasteiger partial charge on any atom is -0.283 e. The molecule has 0 spiro atoms. The van der Waals surface area contributed by atoms with Gasteiger partial charge in [-0.25, -0.2) is 5.01 Å². The van der Waals surface area contributed by atoms with Crippen LogP contribution in [0, 0.1) is 0 Å². The Kier molecular flexibility index (Phi) is 4.71. The number of amides is 1. The third-order valence-electron chi connectivity index (χ3n) is 3.79. The standard InChI is InChI=1S/C17H18ClN3O/c18-14-8-6-13(7-9-14)15-5-4-10-19-16(15)17(22)20-21-11-2-1-3-12-21/h4-10H,1-3,11-12H2,(H,20,22). The second-order valence-electron chi connectivity index (χ2n) is 5.40. The number of pyridine rings is 1. The molecule has 1 saturated heterocycles. The number of carbonyl (C=O) groups excluding carboxylic acids is 1. The monoisotopic (exact) mass is 315 g/mol. The van der Waals surface area contributed by atoms with Crippen LogP contribution in [0.4, 0.5) is 0 Å². The summed E-state index contributed by atoms with van der Waals surface area (Å²) in [7, 11) is 0. The molecule has 1 fully saturated rings. The Morgan fingerprint density at radius 1 is 1.09 bits per heavy atom. The van der Waals surface area contributed by atoms with E-state index in [2.05, 4.69) is 10.4 Å². The zero-order valence-corrected chi connectivity index (χ0v) is 13.0. The highest BCUT2D eigenvalue weighted by molar-refractivity contribution is 6.30. The van der Waals surface area contributed by atoms with Gasteiger partial charge in [-0.2, -0.15) is 0 Å². The molecule has 1 aliphatic rings. The number of aromatic nitrogens is 1. The molecular formula is C17H18ClN3O. The van der Waals surface area contributed by atoms with E-state index in [0.717, 1.165) is 37.1 Å². The van der Waals surface area contributed by atoms with Crippen LogP contribution in [-0.2, 0) is 0 Å². The minimum absolute atomic E-state index is 0.160. The van der Waals surface area contributed by atoms with Crippen molar-refractivity contribution in [1.29, 1.82) is 0 Å². The van der Waals surface area contributed by atoms with Crippen LogP contribution in [-0.4, -0.2) is 29.0 Å². The molecule has 1 aromatic heterocycles. The third kappa shape index (κ3) is 3.46. The number of nitrogens with one attached hydrogen (secondary N) is 1. The first kappa shape index (κ1) is 15.0. The fraction of sp³-hybridized carbons (Fsp3) is 0.294. The molecule has 1 amide bonds. The average Bonchev–Trinajstić information content (AvgIpc) is 2.56. The number of benzene rings is 1. The van der Waals surface area contributed by atoms with E-state index in [9.17, 15) is 4.79 Å². The van der Waals surface area contributed by atoms with Gasteiger partial charge in [0.15, 0.2) is 0 Å². The molecule has 4 nitrogen and oxygen atoms in total. The maximum atomic E-state index is 12.5. The number of hydrogen-bond acceptors (Lipinski definition) is 3. The molecule has 1 aromatic carbocycles. The number of rotatable bonds is 3. The molecule has 0 saturated carbocycles. The minimum atomic E-state index is -0.160. The van der Waals surface area contributed by atoms with Crippen molar-refractivity contribution >= 4 is 17.5 Å². The lowest BCUT2D eigenvalue weighted by atomic mass is 10.0. The number of piperidine rings is 1. The maximum absolute atomic E-state index is 12.5. The number of hydrogen-bond donors (Lipinski definition) is 1. The van der Waals surface area contributed by atoms with Crippen LogP contribution >= 0.6 is 11.6 Å². The summed E-state index contributed by atoms with van der Waals surface area (Å²) in [5, 5.41) is 2.65. The number of halogens is 1. The predicted octanol–water partition coefficient (Wildman–Crippen LogP) is 3.53. The molecule has 0 unspecified atom stereocenters. The average molecular weight is 316 g/mol. The zero-order valence-electron chi connectivity index (χ0n) is 12.3. The Balaban J connectivity index is 1.84. The molecule has 22 heavy (non-hydrogen) atoms. The van der Waals surface area contributed by atoms with Crippen LogP contribution in [0.3, 0.4) is 0 Å². The lowest BCUT2D eigenvalue weighted by molar-refractivity contribution is 0.0745. The van der Waals surface area contributed by atoms with Crippen molar-refractivity contribution in [3.8, 4) is 11.1 Å².